The van der Waals surface area contributed by atoms with E-state index in [0.717, 1.165) is 31.1 Å². The molecule has 2 heterocycles. The summed E-state index contributed by atoms with van der Waals surface area (Å²) in [6.45, 7) is 0.554. The Hall–Kier alpha value is -2.97. The summed E-state index contributed by atoms with van der Waals surface area (Å²) in [7, 11) is -3.59. The van der Waals surface area contributed by atoms with Gasteiger partial charge in [-0.3, -0.25) is 4.79 Å². The second-order valence-electron chi connectivity index (χ2n) is 7.49. The predicted molar refractivity (Wildman–Crippen MR) is 114 cm³/mol. The highest BCUT2D eigenvalue weighted by molar-refractivity contribution is 7.89. The lowest BCUT2D eigenvalue weighted by Crippen LogP contribution is -2.31. The summed E-state index contributed by atoms with van der Waals surface area (Å²) >= 11 is 0. The zero-order valence-electron chi connectivity index (χ0n) is 17.0. The van der Waals surface area contributed by atoms with Crippen molar-refractivity contribution in [3.05, 3.63) is 65.9 Å². The number of esters is 1. The van der Waals surface area contributed by atoms with Gasteiger partial charge in [0, 0.05) is 18.5 Å². The minimum Gasteiger partial charge on any atom is -0.454 e. The number of nitrogens with zero attached hydrogens (tertiary/aromatic N) is 1. The van der Waals surface area contributed by atoms with Gasteiger partial charge < -0.3 is 9.15 Å². The highest BCUT2D eigenvalue weighted by Crippen LogP contribution is 2.22. The van der Waals surface area contributed by atoms with E-state index in [1.165, 1.54) is 28.6 Å². The lowest BCUT2D eigenvalue weighted by Gasteiger charge is -2.19. The van der Waals surface area contributed by atoms with Crippen LogP contribution in [0.5, 0.6) is 0 Å². The van der Waals surface area contributed by atoms with Crippen molar-refractivity contribution < 1.29 is 27.2 Å². The second-order valence-corrected chi connectivity index (χ2v) is 9.43. The Labute approximate surface area is 180 Å². The number of hydrogen-bond acceptors (Lipinski definition) is 6. The second kappa shape index (κ2) is 9.03. The van der Waals surface area contributed by atoms with Crippen molar-refractivity contribution in [2.45, 2.75) is 30.6 Å². The summed E-state index contributed by atoms with van der Waals surface area (Å²) in [6, 6.07) is 14.4. The fourth-order valence-corrected chi connectivity index (χ4v) is 5.12. The van der Waals surface area contributed by atoms with Crippen molar-refractivity contribution in [3.8, 4) is 0 Å². The van der Waals surface area contributed by atoms with Crippen LogP contribution < -0.4 is 0 Å². The normalized spacial score (nSPS) is 15.5. The molecule has 3 aromatic rings. The van der Waals surface area contributed by atoms with Crippen LogP contribution in [0.3, 0.4) is 0 Å². The monoisotopic (exact) mass is 441 g/mol. The van der Waals surface area contributed by atoms with Crippen molar-refractivity contribution in [2.75, 3.05) is 19.7 Å². The maximum atomic E-state index is 12.8. The molecule has 0 radical (unpaired) electrons. The number of para-hydroxylation sites is 1. The first-order chi connectivity index (χ1) is 14.9. The summed E-state index contributed by atoms with van der Waals surface area (Å²) < 4.78 is 37.7. The molecule has 31 heavy (non-hydrogen) atoms. The topological polar surface area (TPSA) is 93.9 Å². The van der Waals surface area contributed by atoms with Crippen molar-refractivity contribution in [3.63, 3.8) is 0 Å². The number of rotatable bonds is 6. The molecule has 162 valence electrons. The Bertz CT molecular complexity index is 1160. The average molecular weight is 442 g/mol. The summed E-state index contributed by atoms with van der Waals surface area (Å²) in [4.78, 5) is 24.7. The third kappa shape index (κ3) is 4.70. The number of ether oxygens (including phenoxy) is 1. The van der Waals surface area contributed by atoms with E-state index in [-0.39, 0.29) is 16.2 Å². The molecule has 7 nitrogen and oxygen atoms in total. The van der Waals surface area contributed by atoms with Crippen LogP contribution in [-0.2, 0) is 14.8 Å². The number of furan rings is 1. The molecule has 0 bridgehead atoms. The number of fused-ring (bicyclic) bond motifs is 1. The molecule has 2 aromatic carbocycles. The minimum atomic E-state index is -3.59. The summed E-state index contributed by atoms with van der Waals surface area (Å²) in [5, 5.41) is 0.790. The van der Waals surface area contributed by atoms with E-state index in [1.54, 1.807) is 18.2 Å². The van der Waals surface area contributed by atoms with Gasteiger partial charge in [-0.05, 0) is 49.2 Å². The Morgan fingerprint density at radius 1 is 0.935 bits per heavy atom. The third-order valence-corrected chi connectivity index (χ3v) is 7.24. The molecule has 0 atom stereocenters. The van der Waals surface area contributed by atoms with Crippen LogP contribution in [0.1, 0.15) is 46.6 Å². The molecule has 0 saturated carbocycles. The zero-order valence-corrected chi connectivity index (χ0v) is 17.8. The van der Waals surface area contributed by atoms with Crippen molar-refractivity contribution in [1.29, 1.82) is 0 Å². The SMILES string of the molecule is O=C(OCC(=O)c1cc2ccccc2o1)c1ccc(S(=O)(=O)N2CCCCCC2)cc1. The number of sulfonamides is 1. The molecule has 1 saturated heterocycles. The first-order valence-corrected chi connectivity index (χ1v) is 11.7. The van der Waals surface area contributed by atoms with Crippen LogP contribution in [0, 0.1) is 0 Å². The van der Waals surface area contributed by atoms with E-state index < -0.39 is 28.4 Å². The average Bonchev–Trinajstić information content (AvgIpc) is 3.02. The summed E-state index contributed by atoms with van der Waals surface area (Å²) in [5.74, 6) is -1.04. The van der Waals surface area contributed by atoms with Crippen LogP contribution in [0.15, 0.2) is 63.9 Å². The molecule has 0 N–H and O–H groups in total. The quantitative estimate of drug-likeness (QED) is 0.423. The van der Waals surface area contributed by atoms with Gasteiger partial charge in [-0.15, -0.1) is 0 Å². The van der Waals surface area contributed by atoms with E-state index in [2.05, 4.69) is 0 Å². The maximum absolute atomic E-state index is 12.8. The van der Waals surface area contributed by atoms with Gasteiger partial charge in [-0.1, -0.05) is 31.0 Å². The van der Waals surface area contributed by atoms with Gasteiger partial charge >= 0.3 is 5.97 Å². The molecular formula is C23H23NO6S. The van der Waals surface area contributed by atoms with Crippen LogP contribution >= 0.6 is 0 Å². The lowest BCUT2D eigenvalue weighted by molar-refractivity contribution is 0.0468. The fourth-order valence-electron chi connectivity index (χ4n) is 3.60. The van der Waals surface area contributed by atoms with Gasteiger partial charge in [0.25, 0.3) is 0 Å². The van der Waals surface area contributed by atoms with E-state index in [9.17, 15) is 18.0 Å². The third-order valence-electron chi connectivity index (χ3n) is 5.33. The smallest absolute Gasteiger partial charge is 0.338 e. The number of carbonyl (C=O) groups excluding carboxylic acids is 2. The Balaban J connectivity index is 1.39. The first-order valence-electron chi connectivity index (χ1n) is 10.2. The zero-order chi connectivity index (χ0) is 21.8. The van der Waals surface area contributed by atoms with Gasteiger partial charge in [0.15, 0.2) is 12.4 Å². The number of ketones is 1. The Kier molecular flexibility index (Phi) is 6.20. The predicted octanol–water partition coefficient (Wildman–Crippen LogP) is 4.04. The van der Waals surface area contributed by atoms with Crippen molar-refractivity contribution in [1.82, 2.24) is 4.31 Å². The van der Waals surface area contributed by atoms with Gasteiger partial charge in [0.05, 0.1) is 10.5 Å². The molecule has 1 aliphatic rings. The molecule has 0 amide bonds. The van der Waals surface area contributed by atoms with Gasteiger partial charge in [0.1, 0.15) is 5.58 Å². The summed E-state index contributed by atoms with van der Waals surface area (Å²) in [6.07, 6.45) is 3.76. The maximum Gasteiger partial charge on any atom is 0.338 e. The highest BCUT2D eigenvalue weighted by atomic mass is 32.2. The number of benzene rings is 2. The Morgan fingerprint density at radius 3 is 2.29 bits per heavy atom. The van der Waals surface area contributed by atoms with E-state index in [4.69, 9.17) is 9.15 Å². The molecule has 0 aliphatic carbocycles. The lowest BCUT2D eigenvalue weighted by atomic mass is 10.2. The highest BCUT2D eigenvalue weighted by Gasteiger charge is 2.25. The standard InChI is InChI=1S/C23H23NO6S/c25-20(22-15-18-7-3-4-8-21(18)30-22)16-29-23(26)17-9-11-19(12-10-17)31(27,28)24-13-5-1-2-6-14-24/h3-4,7-12,15H,1-2,5-6,13-14,16H2. The fraction of sp³-hybridized carbons (Fsp3) is 0.304. The minimum absolute atomic E-state index is 0.118. The number of carbonyl (C=O) groups is 2. The van der Waals surface area contributed by atoms with Gasteiger partial charge in [-0.25, -0.2) is 13.2 Å². The Morgan fingerprint density at radius 2 is 1.61 bits per heavy atom. The molecule has 1 aromatic heterocycles. The first kappa shape index (κ1) is 21.3. The molecule has 4 rings (SSSR count). The molecule has 0 spiro atoms. The van der Waals surface area contributed by atoms with Crippen LogP contribution in [0.4, 0.5) is 0 Å². The van der Waals surface area contributed by atoms with Crippen molar-refractivity contribution >= 4 is 32.7 Å². The molecule has 1 fully saturated rings. The molecular weight excluding hydrogens is 418 g/mol. The van der Waals surface area contributed by atoms with Crippen LogP contribution in [0.2, 0.25) is 0 Å². The number of hydrogen-bond donors (Lipinski definition) is 0. The summed E-state index contributed by atoms with van der Waals surface area (Å²) in [5.41, 5.74) is 0.755. The molecule has 1 aliphatic heterocycles. The van der Waals surface area contributed by atoms with E-state index >= 15 is 0 Å². The van der Waals surface area contributed by atoms with Crippen LogP contribution in [-0.4, -0.2) is 44.2 Å². The van der Waals surface area contributed by atoms with Gasteiger partial charge in [-0.2, -0.15) is 4.31 Å². The van der Waals surface area contributed by atoms with E-state index in [1.807, 2.05) is 12.1 Å². The van der Waals surface area contributed by atoms with Crippen molar-refractivity contribution in [2.24, 2.45) is 0 Å². The largest absolute Gasteiger partial charge is 0.454 e. The molecule has 0 unspecified atom stereocenters. The number of Topliss-reactive ketones (excluding diaryl/α,β-unsaturated/α-hetero) is 1. The van der Waals surface area contributed by atoms with Crippen LogP contribution in [0.25, 0.3) is 11.0 Å². The van der Waals surface area contributed by atoms with E-state index in [0.29, 0.717) is 18.7 Å². The van der Waals surface area contributed by atoms with Gasteiger partial charge in [0.2, 0.25) is 15.8 Å². The molecule has 8 heteroatoms.